The fourth-order valence-electron chi connectivity index (χ4n) is 0.943. The Morgan fingerprint density at radius 2 is 1.93 bits per heavy atom. The first-order valence-corrected chi connectivity index (χ1v) is 5.63. The van der Waals surface area contributed by atoms with Crippen molar-refractivity contribution in [2.24, 2.45) is 5.73 Å². The summed E-state index contributed by atoms with van der Waals surface area (Å²) in [6, 6.07) is 4.43. The summed E-state index contributed by atoms with van der Waals surface area (Å²) in [4.78, 5) is 10.9. The van der Waals surface area contributed by atoms with Gasteiger partial charge in [-0.1, -0.05) is 12.8 Å². The summed E-state index contributed by atoms with van der Waals surface area (Å²) in [6.07, 6.45) is 0. The van der Waals surface area contributed by atoms with Gasteiger partial charge in [0.1, 0.15) is 0 Å². The maximum Gasteiger partial charge on any atom is 0.329 e. The van der Waals surface area contributed by atoms with Crippen molar-refractivity contribution in [3.05, 3.63) is 26.6 Å². The number of carbonyl (C=O) groups is 1. The first-order chi connectivity index (χ1) is 6.97. The lowest BCUT2D eigenvalue weighted by Crippen LogP contribution is -2.27. The lowest BCUT2D eigenvalue weighted by molar-refractivity contribution is 0.257. The molecule has 7 heteroatoms. The first-order valence-electron chi connectivity index (χ1n) is 3.65. The minimum atomic E-state index is -0.704. The van der Waals surface area contributed by atoms with Crippen LogP contribution < -0.4 is 10.0 Å². The molecule has 0 radical (unpaired) electrons. The van der Waals surface area contributed by atoms with Crippen LogP contribution in [-0.4, -0.2) is 6.03 Å². The van der Waals surface area contributed by atoms with Gasteiger partial charge < -0.3 is 5.73 Å². The number of rotatable bonds is 1. The molecular weight excluding hydrogens is 346 g/mol. The fourth-order valence-corrected chi connectivity index (χ4v) is 2.97. The summed E-state index contributed by atoms with van der Waals surface area (Å²) in [7, 11) is 0. The van der Waals surface area contributed by atoms with Gasteiger partial charge in [-0.2, -0.15) is 5.26 Å². The third-order valence-corrected chi connectivity index (χ3v) is 3.17. The molecule has 0 fully saturated rings. The maximum absolute atomic E-state index is 10.9. The Hall–Kier alpha value is -0.710. The highest BCUT2D eigenvalue weighted by Gasteiger charge is 2.16. The highest BCUT2D eigenvalue weighted by Crippen LogP contribution is 2.36. The lowest BCUT2D eigenvalue weighted by atomic mass is 10.2. The average molecular weight is 351 g/mol. The summed E-state index contributed by atoms with van der Waals surface area (Å²) < 4.78 is 2.10. The number of anilines is 1. The van der Waals surface area contributed by atoms with E-state index in [1.165, 1.54) is 0 Å². The van der Waals surface area contributed by atoms with Crippen molar-refractivity contribution in [3.63, 3.8) is 0 Å². The molecule has 0 aliphatic rings. The molecule has 0 spiro atoms. The second kappa shape index (κ2) is 4.88. The molecule has 0 saturated carbocycles. The van der Waals surface area contributed by atoms with Crippen LogP contribution in [0.3, 0.4) is 0 Å². The number of hydrogen-bond donors (Lipinski definition) is 2. The Labute approximate surface area is 109 Å². The Bertz CT molecular complexity index is 435. The van der Waals surface area contributed by atoms with Gasteiger partial charge in [0.25, 0.3) is 0 Å². The van der Waals surface area contributed by atoms with E-state index in [9.17, 15) is 4.79 Å². The van der Waals surface area contributed by atoms with Crippen molar-refractivity contribution in [3.8, 4) is 6.07 Å². The van der Waals surface area contributed by atoms with E-state index < -0.39 is 6.03 Å². The van der Waals surface area contributed by atoms with Gasteiger partial charge in [0.15, 0.2) is 0 Å². The van der Waals surface area contributed by atoms with Crippen molar-refractivity contribution in [2.75, 3.05) is 4.31 Å². The number of thiol groups is 1. The van der Waals surface area contributed by atoms with Crippen LogP contribution in [0.1, 0.15) is 5.56 Å². The van der Waals surface area contributed by atoms with E-state index in [1.54, 1.807) is 12.1 Å². The number of primary amides is 1. The molecule has 1 aromatic rings. The van der Waals surface area contributed by atoms with Gasteiger partial charge in [0.2, 0.25) is 0 Å². The quantitative estimate of drug-likeness (QED) is 0.764. The Kier molecular flexibility index (Phi) is 4.02. The lowest BCUT2D eigenvalue weighted by Gasteiger charge is -2.16. The van der Waals surface area contributed by atoms with E-state index >= 15 is 0 Å². The third kappa shape index (κ3) is 2.65. The molecule has 0 saturated heterocycles. The molecule has 0 bridgehead atoms. The van der Waals surface area contributed by atoms with Crippen LogP contribution in [0.15, 0.2) is 21.1 Å². The van der Waals surface area contributed by atoms with E-state index in [-0.39, 0.29) is 0 Å². The second-order valence-electron chi connectivity index (χ2n) is 2.55. The van der Waals surface area contributed by atoms with E-state index in [1.807, 2.05) is 6.07 Å². The molecule has 15 heavy (non-hydrogen) atoms. The maximum atomic E-state index is 10.9. The van der Waals surface area contributed by atoms with Crippen LogP contribution in [0, 0.1) is 11.3 Å². The molecule has 0 aromatic heterocycles. The fraction of sp³-hybridized carbons (Fsp3) is 0. The molecular formula is C8H5Br2N3OS. The van der Waals surface area contributed by atoms with Crippen LogP contribution >= 0.6 is 44.7 Å². The predicted molar refractivity (Wildman–Crippen MR) is 67.6 cm³/mol. The smallest absolute Gasteiger partial charge is 0.329 e. The summed E-state index contributed by atoms with van der Waals surface area (Å²) in [5.74, 6) is 0. The highest BCUT2D eigenvalue weighted by atomic mass is 79.9. The normalized spacial score (nSPS) is 9.47. The number of hydrogen-bond acceptors (Lipinski definition) is 3. The third-order valence-electron chi connectivity index (χ3n) is 1.57. The molecule has 1 aromatic carbocycles. The van der Waals surface area contributed by atoms with Crippen LogP contribution in [0.2, 0.25) is 0 Å². The molecule has 2 N–H and O–H groups in total. The number of nitrogens with zero attached hydrogens (tertiary/aromatic N) is 2. The molecule has 0 aliphatic carbocycles. The van der Waals surface area contributed by atoms with Gasteiger partial charge >= 0.3 is 6.03 Å². The first kappa shape index (κ1) is 12.4. The van der Waals surface area contributed by atoms with Crippen LogP contribution in [0.25, 0.3) is 0 Å². The topological polar surface area (TPSA) is 70.1 Å². The largest absolute Gasteiger partial charge is 0.350 e. The van der Waals surface area contributed by atoms with Crippen molar-refractivity contribution >= 4 is 56.4 Å². The van der Waals surface area contributed by atoms with E-state index in [0.717, 1.165) is 4.31 Å². The number of benzene rings is 1. The minimum Gasteiger partial charge on any atom is -0.350 e. The molecule has 0 aliphatic heterocycles. The summed E-state index contributed by atoms with van der Waals surface area (Å²) in [6.45, 7) is 0. The van der Waals surface area contributed by atoms with Crippen molar-refractivity contribution < 1.29 is 4.79 Å². The SMILES string of the molecule is N#Cc1cc(Br)c(N(S)C(N)=O)c(Br)c1. The van der Waals surface area contributed by atoms with Gasteiger partial charge in [0, 0.05) is 8.95 Å². The van der Waals surface area contributed by atoms with Crippen LogP contribution in [0.4, 0.5) is 10.5 Å². The molecule has 0 unspecified atom stereocenters. The van der Waals surface area contributed by atoms with Gasteiger partial charge in [-0.25, -0.2) is 9.10 Å². The summed E-state index contributed by atoms with van der Waals surface area (Å²) in [5.41, 5.74) is 6.00. The van der Waals surface area contributed by atoms with Crippen molar-refractivity contribution in [1.29, 1.82) is 5.26 Å². The zero-order valence-corrected chi connectivity index (χ0v) is 11.3. The number of urea groups is 1. The molecule has 0 atom stereocenters. The molecule has 1 rings (SSSR count). The summed E-state index contributed by atoms with van der Waals surface area (Å²) >= 11 is 10.4. The molecule has 2 amide bonds. The van der Waals surface area contributed by atoms with Gasteiger partial charge in [-0.05, 0) is 44.0 Å². The van der Waals surface area contributed by atoms with Crippen LogP contribution in [-0.2, 0) is 0 Å². The number of amides is 2. The zero-order valence-electron chi connectivity index (χ0n) is 7.24. The molecule has 78 valence electrons. The van der Waals surface area contributed by atoms with E-state index in [4.69, 9.17) is 11.0 Å². The number of nitriles is 1. The standard InChI is InChI=1S/C8H5Br2N3OS/c9-5-1-4(3-11)2-6(10)7(5)13(15)8(12)14/h1-2,15H,(H2,12,14). The Balaban J connectivity index is 3.33. The second-order valence-corrected chi connectivity index (χ2v) is 4.66. The van der Waals surface area contributed by atoms with Gasteiger partial charge in [-0.3, -0.25) is 0 Å². The average Bonchev–Trinajstić information content (AvgIpc) is 2.16. The highest BCUT2D eigenvalue weighted by molar-refractivity contribution is 9.11. The van der Waals surface area contributed by atoms with Gasteiger partial charge in [0.05, 0.1) is 17.3 Å². The molecule has 0 heterocycles. The number of carbonyl (C=O) groups excluding carboxylic acids is 1. The Morgan fingerprint density at radius 3 is 2.27 bits per heavy atom. The number of nitrogens with two attached hydrogens (primary N) is 1. The minimum absolute atomic E-state index is 0.462. The predicted octanol–water partition coefficient (Wildman–Crippen LogP) is 2.81. The van der Waals surface area contributed by atoms with Gasteiger partial charge in [-0.15, -0.1) is 0 Å². The zero-order chi connectivity index (χ0) is 11.6. The number of halogens is 2. The van der Waals surface area contributed by atoms with Crippen molar-refractivity contribution in [2.45, 2.75) is 0 Å². The Morgan fingerprint density at radius 1 is 1.47 bits per heavy atom. The summed E-state index contributed by atoms with van der Waals surface area (Å²) in [5, 5.41) is 8.71. The van der Waals surface area contributed by atoms with E-state index in [0.29, 0.717) is 20.2 Å². The van der Waals surface area contributed by atoms with E-state index in [2.05, 4.69) is 44.7 Å². The van der Waals surface area contributed by atoms with Crippen LogP contribution in [0.5, 0.6) is 0 Å². The monoisotopic (exact) mass is 349 g/mol. The van der Waals surface area contributed by atoms with Crippen molar-refractivity contribution in [1.82, 2.24) is 0 Å². The molecule has 4 nitrogen and oxygen atoms in total.